The smallest absolute Gasteiger partial charge is 0.263 e. The fourth-order valence-electron chi connectivity index (χ4n) is 2.98. The summed E-state index contributed by atoms with van der Waals surface area (Å²) in [4.78, 5) is 4.19. The Labute approximate surface area is 178 Å². The Kier molecular flexibility index (Phi) is 5.68. The standard InChI is InChI=1S/C22H25N2O4S2/c1-16(22(2,3)4)18-13-21(17-8-10-19(11-9-17)29(5,25)26)24(15-18)30(27,28)20-7-6-12-23-14-20/h6-15H,1-5H3. The van der Waals surface area contributed by atoms with E-state index < -0.39 is 19.9 Å². The van der Waals surface area contributed by atoms with Crippen LogP contribution in [-0.4, -0.2) is 32.0 Å². The summed E-state index contributed by atoms with van der Waals surface area (Å²) in [5, 5.41) is 0. The predicted molar refractivity (Wildman–Crippen MR) is 117 cm³/mol. The first-order valence-electron chi connectivity index (χ1n) is 9.35. The van der Waals surface area contributed by atoms with Crippen molar-refractivity contribution >= 4 is 19.9 Å². The number of rotatable bonds is 5. The molecular formula is C22H25N2O4S2. The summed E-state index contributed by atoms with van der Waals surface area (Å²) in [6, 6.07) is 11.1. The zero-order valence-electron chi connectivity index (χ0n) is 17.6. The highest BCUT2D eigenvalue weighted by Gasteiger charge is 2.28. The molecule has 0 aliphatic carbocycles. The third kappa shape index (κ3) is 4.34. The maximum atomic E-state index is 13.4. The Morgan fingerprint density at radius 3 is 2.10 bits per heavy atom. The minimum Gasteiger partial charge on any atom is -0.263 e. The summed E-state index contributed by atoms with van der Waals surface area (Å²) in [5.74, 6) is 1.04. The molecule has 0 saturated heterocycles. The first kappa shape index (κ1) is 22.2. The van der Waals surface area contributed by atoms with Gasteiger partial charge in [-0.15, -0.1) is 0 Å². The summed E-state index contributed by atoms with van der Waals surface area (Å²) in [7, 11) is -7.24. The van der Waals surface area contributed by atoms with Gasteiger partial charge in [0.05, 0.1) is 10.6 Å². The first-order valence-corrected chi connectivity index (χ1v) is 12.7. The Hall–Kier alpha value is -2.45. The number of aromatic nitrogens is 2. The number of hydrogen-bond donors (Lipinski definition) is 0. The second kappa shape index (κ2) is 7.67. The van der Waals surface area contributed by atoms with Crippen LogP contribution in [0.25, 0.3) is 11.3 Å². The number of hydrogen-bond acceptors (Lipinski definition) is 5. The van der Waals surface area contributed by atoms with E-state index in [4.69, 9.17) is 0 Å². The van der Waals surface area contributed by atoms with Crippen LogP contribution in [0.1, 0.15) is 33.3 Å². The van der Waals surface area contributed by atoms with E-state index in [-0.39, 0.29) is 15.2 Å². The van der Waals surface area contributed by atoms with Crippen LogP contribution in [0.5, 0.6) is 0 Å². The third-order valence-corrected chi connectivity index (χ3v) is 7.90. The maximum absolute atomic E-state index is 13.4. The second-order valence-electron chi connectivity index (χ2n) is 8.28. The van der Waals surface area contributed by atoms with Crippen molar-refractivity contribution in [3.63, 3.8) is 0 Å². The molecule has 0 saturated carbocycles. The van der Waals surface area contributed by atoms with Crippen LogP contribution in [0.2, 0.25) is 0 Å². The normalized spacial score (nSPS) is 13.0. The highest BCUT2D eigenvalue weighted by atomic mass is 32.2. The number of sulfone groups is 1. The zero-order valence-corrected chi connectivity index (χ0v) is 19.3. The van der Waals surface area contributed by atoms with Crippen LogP contribution in [0, 0.1) is 11.3 Å². The van der Waals surface area contributed by atoms with Gasteiger partial charge in [0.25, 0.3) is 10.0 Å². The van der Waals surface area contributed by atoms with Crippen molar-refractivity contribution in [2.75, 3.05) is 6.26 Å². The van der Waals surface area contributed by atoms with E-state index in [1.807, 2.05) is 13.0 Å². The molecular weight excluding hydrogens is 420 g/mol. The van der Waals surface area contributed by atoms with Crippen LogP contribution in [0.4, 0.5) is 0 Å². The van der Waals surface area contributed by atoms with Crippen molar-refractivity contribution in [2.45, 2.75) is 37.5 Å². The molecule has 2 heterocycles. The molecule has 1 radical (unpaired) electrons. The van der Waals surface area contributed by atoms with Crippen molar-refractivity contribution in [1.29, 1.82) is 0 Å². The van der Waals surface area contributed by atoms with Gasteiger partial charge in [0, 0.05) is 30.8 Å². The molecule has 1 aromatic carbocycles. The molecule has 0 N–H and O–H groups in total. The van der Waals surface area contributed by atoms with Gasteiger partial charge in [-0.2, -0.15) is 0 Å². The van der Waals surface area contributed by atoms with E-state index in [0.29, 0.717) is 11.3 Å². The van der Waals surface area contributed by atoms with Gasteiger partial charge in [-0.3, -0.25) is 4.98 Å². The molecule has 0 bridgehead atoms. The van der Waals surface area contributed by atoms with Crippen LogP contribution >= 0.6 is 0 Å². The fraction of sp³-hybridized carbons (Fsp3) is 0.273. The van der Waals surface area contributed by atoms with Gasteiger partial charge in [0.15, 0.2) is 9.84 Å². The maximum Gasteiger partial charge on any atom is 0.269 e. The van der Waals surface area contributed by atoms with Crippen LogP contribution in [0.3, 0.4) is 0 Å². The highest BCUT2D eigenvalue weighted by Crippen LogP contribution is 2.37. The largest absolute Gasteiger partial charge is 0.269 e. The molecule has 0 aliphatic rings. The molecule has 0 fully saturated rings. The number of benzene rings is 1. The van der Waals surface area contributed by atoms with E-state index in [2.05, 4.69) is 25.8 Å². The first-order chi connectivity index (χ1) is 13.8. The molecule has 0 amide bonds. The van der Waals surface area contributed by atoms with Crippen molar-refractivity contribution in [3.8, 4) is 11.3 Å². The highest BCUT2D eigenvalue weighted by molar-refractivity contribution is 7.90. The molecule has 6 nitrogen and oxygen atoms in total. The Morgan fingerprint density at radius 1 is 0.967 bits per heavy atom. The van der Waals surface area contributed by atoms with Crippen LogP contribution in [0.15, 0.2) is 70.8 Å². The lowest BCUT2D eigenvalue weighted by atomic mass is 9.78. The van der Waals surface area contributed by atoms with E-state index in [1.54, 1.807) is 24.4 Å². The Bertz CT molecular complexity index is 1250. The fourth-order valence-corrected chi connectivity index (χ4v) is 4.95. The molecule has 2 aromatic heterocycles. The number of nitrogens with zero attached hydrogens (tertiary/aromatic N) is 2. The summed E-state index contributed by atoms with van der Waals surface area (Å²) in [6.45, 7) is 8.18. The monoisotopic (exact) mass is 445 g/mol. The molecule has 30 heavy (non-hydrogen) atoms. The van der Waals surface area contributed by atoms with Crippen molar-refractivity contribution in [2.24, 2.45) is 5.41 Å². The SMILES string of the molecule is C[C](c1cc(-c2ccc(S(C)(=O)=O)cc2)n(S(=O)(=O)c2cccnc2)c1)C(C)(C)C. The summed E-state index contributed by atoms with van der Waals surface area (Å²) in [5.41, 5.74) is 1.71. The third-order valence-electron chi connectivity index (χ3n) is 5.11. The van der Waals surface area contributed by atoms with Gasteiger partial charge in [-0.25, -0.2) is 20.8 Å². The lowest BCUT2D eigenvalue weighted by molar-refractivity contribution is 0.451. The summed E-state index contributed by atoms with van der Waals surface area (Å²) >= 11 is 0. The van der Waals surface area contributed by atoms with E-state index in [9.17, 15) is 16.8 Å². The molecule has 3 rings (SSSR count). The van der Waals surface area contributed by atoms with Gasteiger partial charge in [-0.1, -0.05) is 39.8 Å². The Morgan fingerprint density at radius 2 is 1.60 bits per heavy atom. The van der Waals surface area contributed by atoms with E-state index in [1.165, 1.54) is 34.6 Å². The van der Waals surface area contributed by atoms with Gasteiger partial charge >= 0.3 is 0 Å². The summed E-state index contributed by atoms with van der Waals surface area (Å²) in [6.07, 6.45) is 5.58. The predicted octanol–water partition coefficient (Wildman–Crippen LogP) is 4.18. The van der Waals surface area contributed by atoms with E-state index >= 15 is 0 Å². The minimum absolute atomic E-state index is 0.0783. The molecule has 3 aromatic rings. The van der Waals surface area contributed by atoms with Crippen molar-refractivity contribution in [3.05, 3.63) is 72.5 Å². The van der Waals surface area contributed by atoms with Gasteiger partial charge in [0.1, 0.15) is 4.90 Å². The van der Waals surface area contributed by atoms with Crippen molar-refractivity contribution < 1.29 is 16.8 Å². The lowest BCUT2D eigenvalue weighted by Gasteiger charge is -2.25. The minimum atomic E-state index is -3.89. The lowest BCUT2D eigenvalue weighted by Crippen LogP contribution is -2.16. The van der Waals surface area contributed by atoms with Gasteiger partial charge < -0.3 is 0 Å². The average Bonchev–Trinajstić information content (AvgIpc) is 3.13. The van der Waals surface area contributed by atoms with Crippen molar-refractivity contribution in [1.82, 2.24) is 8.96 Å². The van der Waals surface area contributed by atoms with Gasteiger partial charge in [0.2, 0.25) is 0 Å². The van der Waals surface area contributed by atoms with Crippen LogP contribution < -0.4 is 0 Å². The zero-order chi connectivity index (χ0) is 22.3. The molecule has 159 valence electrons. The topological polar surface area (TPSA) is 86.1 Å². The van der Waals surface area contributed by atoms with Gasteiger partial charge in [-0.05, 0) is 46.9 Å². The van der Waals surface area contributed by atoms with Crippen LogP contribution in [-0.2, 0) is 19.9 Å². The molecule has 8 heteroatoms. The average molecular weight is 446 g/mol. The molecule has 0 unspecified atom stereocenters. The van der Waals surface area contributed by atoms with E-state index in [0.717, 1.165) is 17.7 Å². The molecule has 0 spiro atoms. The number of pyridine rings is 1. The molecule has 0 aliphatic heterocycles. The second-order valence-corrected chi connectivity index (χ2v) is 12.1. The summed E-state index contributed by atoms with van der Waals surface area (Å²) < 4.78 is 51.5. The Balaban J connectivity index is 2.22. The molecule has 0 atom stereocenters. The quantitative estimate of drug-likeness (QED) is 0.588.